The third kappa shape index (κ3) is 4.68. The van der Waals surface area contributed by atoms with E-state index in [1.54, 1.807) is 6.20 Å². The zero-order valence-corrected chi connectivity index (χ0v) is 14.6. The van der Waals surface area contributed by atoms with Gasteiger partial charge in [-0.25, -0.2) is 0 Å². The van der Waals surface area contributed by atoms with Gasteiger partial charge in [-0.1, -0.05) is 19.1 Å². The number of aryl methyl sites for hydroxylation is 1. The van der Waals surface area contributed by atoms with E-state index < -0.39 is 0 Å². The molecule has 6 heteroatoms. The van der Waals surface area contributed by atoms with E-state index in [2.05, 4.69) is 22.0 Å². The summed E-state index contributed by atoms with van der Waals surface area (Å²) >= 11 is 0. The van der Waals surface area contributed by atoms with Crippen molar-refractivity contribution in [3.63, 3.8) is 0 Å². The van der Waals surface area contributed by atoms with Crippen LogP contribution < -0.4 is 9.64 Å². The summed E-state index contributed by atoms with van der Waals surface area (Å²) in [7, 11) is 0. The maximum Gasteiger partial charge on any atom is 0.260 e. The number of carbonyl (C=O) groups is 1. The summed E-state index contributed by atoms with van der Waals surface area (Å²) in [6, 6.07) is 11.7. The lowest BCUT2D eigenvalue weighted by molar-refractivity contribution is -0.133. The fraction of sp³-hybridized carbons (Fsp3) is 0.421. The molecule has 1 aliphatic rings. The Morgan fingerprint density at radius 2 is 1.96 bits per heavy atom. The van der Waals surface area contributed by atoms with Crippen LogP contribution in [0.15, 0.2) is 42.6 Å². The Morgan fingerprint density at radius 3 is 2.68 bits per heavy atom. The average Bonchev–Trinajstić information content (AvgIpc) is 2.93. The van der Waals surface area contributed by atoms with Crippen molar-refractivity contribution in [2.45, 2.75) is 19.8 Å². The number of amides is 1. The van der Waals surface area contributed by atoms with E-state index in [1.807, 2.05) is 41.3 Å². The molecule has 2 heterocycles. The maximum atomic E-state index is 12.4. The van der Waals surface area contributed by atoms with Crippen LogP contribution in [0.5, 0.6) is 5.75 Å². The van der Waals surface area contributed by atoms with Crippen LogP contribution in [0.4, 0.5) is 5.82 Å². The van der Waals surface area contributed by atoms with Gasteiger partial charge in [-0.05, 0) is 42.7 Å². The molecular formula is C19H24N4O2. The molecule has 0 N–H and O–H groups in total. The van der Waals surface area contributed by atoms with Crippen molar-refractivity contribution in [3.8, 4) is 5.75 Å². The van der Waals surface area contributed by atoms with E-state index in [0.29, 0.717) is 6.54 Å². The second-order valence-corrected chi connectivity index (χ2v) is 6.09. The van der Waals surface area contributed by atoms with Gasteiger partial charge in [0.05, 0.1) is 0 Å². The van der Waals surface area contributed by atoms with Crippen LogP contribution in [0.1, 0.15) is 18.9 Å². The second-order valence-electron chi connectivity index (χ2n) is 6.09. The van der Waals surface area contributed by atoms with Gasteiger partial charge < -0.3 is 14.5 Å². The number of benzene rings is 1. The van der Waals surface area contributed by atoms with Gasteiger partial charge in [0.15, 0.2) is 12.4 Å². The van der Waals surface area contributed by atoms with Gasteiger partial charge in [-0.15, -0.1) is 5.10 Å². The number of carbonyl (C=O) groups excluding carboxylic acids is 1. The van der Waals surface area contributed by atoms with E-state index in [-0.39, 0.29) is 12.5 Å². The van der Waals surface area contributed by atoms with Crippen LogP contribution in [-0.2, 0) is 11.2 Å². The highest BCUT2D eigenvalue weighted by molar-refractivity contribution is 5.77. The molecule has 0 atom stereocenters. The van der Waals surface area contributed by atoms with Gasteiger partial charge >= 0.3 is 0 Å². The first-order chi connectivity index (χ1) is 12.3. The summed E-state index contributed by atoms with van der Waals surface area (Å²) in [6.07, 6.45) is 3.57. The van der Waals surface area contributed by atoms with Crippen molar-refractivity contribution in [1.82, 2.24) is 15.1 Å². The molecule has 1 aliphatic heterocycles. The van der Waals surface area contributed by atoms with Crippen LogP contribution in [0.2, 0.25) is 0 Å². The average molecular weight is 340 g/mol. The number of nitrogens with zero attached hydrogens (tertiary/aromatic N) is 4. The van der Waals surface area contributed by atoms with Gasteiger partial charge in [0.25, 0.3) is 5.91 Å². The molecule has 1 saturated heterocycles. The second kappa shape index (κ2) is 8.46. The van der Waals surface area contributed by atoms with Gasteiger partial charge in [0, 0.05) is 32.4 Å². The van der Waals surface area contributed by atoms with Crippen LogP contribution in [-0.4, -0.2) is 53.8 Å². The Bertz CT molecular complexity index is 676. The summed E-state index contributed by atoms with van der Waals surface area (Å²) in [5.41, 5.74) is 1.26. The molecule has 1 amide bonds. The number of aromatic nitrogens is 2. The Balaban J connectivity index is 1.50. The lowest BCUT2D eigenvalue weighted by Gasteiger charge is -2.22. The van der Waals surface area contributed by atoms with Crippen LogP contribution in [0.3, 0.4) is 0 Å². The molecular weight excluding hydrogens is 316 g/mol. The molecule has 1 aromatic heterocycles. The molecule has 2 aromatic rings. The van der Waals surface area contributed by atoms with E-state index in [0.717, 1.165) is 44.0 Å². The number of hydrogen-bond acceptors (Lipinski definition) is 5. The third-order valence-corrected chi connectivity index (χ3v) is 4.42. The van der Waals surface area contributed by atoms with Crippen LogP contribution in [0, 0.1) is 0 Å². The highest BCUT2D eigenvalue weighted by atomic mass is 16.5. The predicted molar refractivity (Wildman–Crippen MR) is 96.8 cm³/mol. The summed E-state index contributed by atoms with van der Waals surface area (Å²) in [5, 5.41) is 8.08. The molecule has 6 nitrogen and oxygen atoms in total. The largest absolute Gasteiger partial charge is 0.484 e. The number of rotatable bonds is 5. The van der Waals surface area contributed by atoms with E-state index in [9.17, 15) is 4.79 Å². The first-order valence-corrected chi connectivity index (χ1v) is 8.78. The van der Waals surface area contributed by atoms with Crippen LogP contribution in [0.25, 0.3) is 0 Å². The van der Waals surface area contributed by atoms with Gasteiger partial charge in [-0.3, -0.25) is 4.79 Å². The monoisotopic (exact) mass is 340 g/mol. The minimum absolute atomic E-state index is 0.0283. The van der Waals surface area contributed by atoms with Crippen molar-refractivity contribution < 1.29 is 9.53 Å². The maximum absolute atomic E-state index is 12.4. The normalized spacial score (nSPS) is 14.9. The molecule has 3 rings (SSSR count). The summed E-state index contributed by atoms with van der Waals surface area (Å²) in [6.45, 7) is 5.25. The first-order valence-electron chi connectivity index (χ1n) is 8.78. The Hall–Kier alpha value is -2.63. The lowest BCUT2D eigenvalue weighted by atomic mass is 10.2. The fourth-order valence-corrected chi connectivity index (χ4v) is 2.92. The molecule has 132 valence electrons. The van der Waals surface area contributed by atoms with Crippen molar-refractivity contribution in [2.75, 3.05) is 37.7 Å². The lowest BCUT2D eigenvalue weighted by Crippen LogP contribution is -2.38. The van der Waals surface area contributed by atoms with E-state index in [1.165, 1.54) is 5.56 Å². The van der Waals surface area contributed by atoms with Crippen molar-refractivity contribution in [2.24, 2.45) is 0 Å². The molecule has 0 saturated carbocycles. The highest BCUT2D eigenvalue weighted by Gasteiger charge is 2.20. The Morgan fingerprint density at radius 1 is 1.12 bits per heavy atom. The van der Waals surface area contributed by atoms with E-state index >= 15 is 0 Å². The number of anilines is 1. The number of hydrogen-bond donors (Lipinski definition) is 0. The fourth-order valence-electron chi connectivity index (χ4n) is 2.92. The molecule has 0 aliphatic carbocycles. The van der Waals surface area contributed by atoms with Gasteiger partial charge in [0.2, 0.25) is 0 Å². The zero-order chi connectivity index (χ0) is 17.5. The van der Waals surface area contributed by atoms with Gasteiger partial charge in [-0.2, -0.15) is 5.10 Å². The number of ether oxygens (including phenoxy) is 1. The molecule has 0 radical (unpaired) electrons. The Labute approximate surface area is 148 Å². The minimum atomic E-state index is 0.0283. The molecule has 25 heavy (non-hydrogen) atoms. The smallest absolute Gasteiger partial charge is 0.260 e. The highest BCUT2D eigenvalue weighted by Crippen LogP contribution is 2.14. The third-order valence-electron chi connectivity index (χ3n) is 4.42. The molecule has 1 fully saturated rings. The van der Waals surface area contributed by atoms with Crippen molar-refractivity contribution in [3.05, 3.63) is 48.2 Å². The molecule has 0 spiro atoms. The molecule has 1 aromatic carbocycles. The molecule has 0 unspecified atom stereocenters. The predicted octanol–water partition coefficient (Wildman–Crippen LogP) is 2.16. The summed E-state index contributed by atoms with van der Waals surface area (Å²) < 4.78 is 5.65. The summed E-state index contributed by atoms with van der Waals surface area (Å²) in [4.78, 5) is 16.5. The molecule has 0 bridgehead atoms. The van der Waals surface area contributed by atoms with Gasteiger partial charge in [0.1, 0.15) is 5.75 Å². The minimum Gasteiger partial charge on any atom is -0.484 e. The quantitative estimate of drug-likeness (QED) is 0.835. The SMILES string of the molecule is CCc1ccc(OCC(=O)N2CCCN(c3cccnn3)CC2)cc1. The van der Waals surface area contributed by atoms with Crippen molar-refractivity contribution in [1.29, 1.82) is 0 Å². The van der Waals surface area contributed by atoms with E-state index in [4.69, 9.17) is 4.74 Å². The standard InChI is InChI=1S/C19H24N4O2/c1-2-16-6-8-17(9-7-16)25-15-19(24)23-12-4-11-22(13-14-23)18-5-3-10-20-21-18/h3,5-10H,2,4,11-15H2,1H3. The first kappa shape index (κ1) is 17.2. The van der Waals surface area contributed by atoms with Crippen molar-refractivity contribution >= 4 is 11.7 Å². The Kier molecular flexibility index (Phi) is 5.82. The topological polar surface area (TPSA) is 58.6 Å². The summed E-state index contributed by atoms with van der Waals surface area (Å²) in [5.74, 6) is 1.63. The van der Waals surface area contributed by atoms with Crippen LogP contribution >= 0.6 is 0 Å². The zero-order valence-electron chi connectivity index (χ0n) is 14.6.